The summed E-state index contributed by atoms with van der Waals surface area (Å²) in [6.07, 6.45) is 3.78. The van der Waals surface area contributed by atoms with Crippen molar-refractivity contribution < 1.29 is 9.16 Å². The second-order valence-electron chi connectivity index (χ2n) is 5.78. The molecule has 0 aliphatic rings. The van der Waals surface area contributed by atoms with E-state index < -0.39 is 8.32 Å². The third-order valence-corrected chi connectivity index (χ3v) is 3.00. The highest BCUT2D eigenvalue weighted by molar-refractivity contribution is 6.69. The summed E-state index contributed by atoms with van der Waals surface area (Å²) in [5, 5.41) is 0. The van der Waals surface area contributed by atoms with Gasteiger partial charge in [0.1, 0.15) is 5.75 Å². The Bertz CT molecular complexity index is 392. The lowest BCUT2D eigenvalue weighted by Gasteiger charge is -2.15. The second-order valence-corrected chi connectivity index (χ2v) is 10.2. The molecule has 18 heavy (non-hydrogen) atoms. The van der Waals surface area contributed by atoms with Gasteiger partial charge in [0, 0.05) is 5.56 Å². The molecular weight excluding hydrogens is 240 g/mol. The van der Waals surface area contributed by atoms with Crippen LogP contribution in [0.25, 0.3) is 6.08 Å². The maximum atomic E-state index is 5.79. The molecular formula is C15H24O2Si. The van der Waals surface area contributed by atoms with Gasteiger partial charge in [-0.15, -0.1) is 0 Å². The van der Waals surface area contributed by atoms with Crippen LogP contribution >= 0.6 is 0 Å². The SMILES string of the molecule is CC(C)COc1ccccc1C=CO[Si](C)(C)C. The van der Waals surface area contributed by atoms with E-state index in [9.17, 15) is 0 Å². The van der Waals surface area contributed by atoms with Crippen LogP contribution in [0.5, 0.6) is 5.75 Å². The number of ether oxygens (including phenoxy) is 1. The van der Waals surface area contributed by atoms with Crippen molar-refractivity contribution in [2.45, 2.75) is 33.5 Å². The molecule has 1 aromatic rings. The number of hydrogen-bond donors (Lipinski definition) is 0. The first-order valence-corrected chi connectivity index (χ1v) is 9.85. The quantitative estimate of drug-likeness (QED) is 0.554. The summed E-state index contributed by atoms with van der Waals surface area (Å²) in [5.41, 5.74) is 1.07. The zero-order valence-corrected chi connectivity index (χ0v) is 13.1. The highest BCUT2D eigenvalue weighted by atomic mass is 28.4. The van der Waals surface area contributed by atoms with Crippen molar-refractivity contribution in [1.82, 2.24) is 0 Å². The smallest absolute Gasteiger partial charge is 0.241 e. The maximum absolute atomic E-state index is 5.79. The fourth-order valence-electron chi connectivity index (χ4n) is 1.32. The zero-order chi connectivity index (χ0) is 13.6. The molecule has 0 spiro atoms. The Morgan fingerprint density at radius 1 is 1.17 bits per heavy atom. The normalized spacial score (nSPS) is 12.1. The lowest BCUT2D eigenvalue weighted by atomic mass is 10.2. The average molecular weight is 264 g/mol. The molecule has 3 heteroatoms. The van der Waals surface area contributed by atoms with Gasteiger partial charge in [0.2, 0.25) is 8.32 Å². The number of benzene rings is 1. The molecule has 0 aromatic heterocycles. The van der Waals surface area contributed by atoms with Crippen LogP contribution in [0.1, 0.15) is 19.4 Å². The van der Waals surface area contributed by atoms with Crippen LogP contribution in [-0.4, -0.2) is 14.9 Å². The Hall–Kier alpha value is -1.22. The molecule has 0 radical (unpaired) electrons. The summed E-state index contributed by atoms with van der Waals surface area (Å²) in [4.78, 5) is 0. The Morgan fingerprint density at radius 2 is 1.83 bits per heavy atom. The van der Waals surface area contributed by atoms with Gasteiger partial charge in [-0.2, -0.15) is 0 Å². The first-order chi connectivity index (χ1) is 8.38. The van der Waals surface area contributed by atoms with E-state index in [0.29, 0.717) is 5.92 Å². The Kier molecular flexibility index (Phi) is 5.47. The van der Waals surface area contributed by atoms with E-state index in [0.717, 1.165) is 17.9 Å². The summed E-state index contributed by atoms with van der Waals surface area (Å²) >= 11 is 0. The molecule has 0 aliphatic heterocycles. The van der Waals surface area contributed by atoms with E-state index >= 15 is 0 Å². The van der Waals surface area contributed by atoms with Gasteiger partial charge in [0.05, 0.1) is 12.9 Å². The van der Waals surface area contributed by atoms with Gasteiger partial charge in [-0.1, -0.05) is 32.0 Å². The molecule has 0 amide bonds. The van der Waals surface area contributed by atoms with Crippen molar-refractivity contribution in [1.29, 1.82) is 0 Å². The minimum atomic E-state index is -1.49. The number of hydrogen-bond acceptors (Lipinski definition) is 2. The topological polar surface area (TPSA) is 18.5 Å². The molecule has 0 N–H and O–H groups in total. The molecule has 1 rings (SSSR count). The minimum absolute atomic E-state index is 0.528. The fraction of sp³-hybridized carbons (Fsp3) is 0.467. The first-order valence-electron chi connectivity index (χ1n) is 6.44. The molecule has 0 saturated carbocycles. The molecule has 2 nitrogen and oxygen atoms in total. The van der Waals surface area contributed by atoms with E-state index in [-0.39, 0.29) is 0 Å². The van der Waals surface area contributed by atoms with Crippen molar-refractivity contribution in [2.75, 3.05) is 6.61 Å². The summed E-state index contributed by atoms with van der Waals surface area (Å²) in [6, 6.07) is 8.04. The van der Waals surface area contributed by atoms with Gasteiger partial charge in [-0.05, 0) is 37.7 Å². The molecule has 0 aliphatic carbocycles. The van der Waals surface area contributed by atoms with E-state index in [1.165, 1.54) is 0 Å². The van der Waals surface area contributed by atoms with Gasteiger partial charge in [-0.3, -0.25) is 0 Å². The Balaban J connectivity index is 2.70. The van der Waals surface area contributed by atoms with Crippen LogP contribution in [0.4, 0.5) is 0 Å². The molecule has 100 valence electrons. The number of para-hydroxylation sites is 1. The molecule has 1 aromatic carbocycles. The highest BCUT2D eigenvalue weighted by Gasteiger charge is 2.12. The van der Waals surface area contributed by atoms with Crippen molar-refractivity contribution in [3.63, 3.8) is 0 Å². The standard InChI is InChI=1S/C15H24O2Si/c1-13(2)12-16-15-9-7-6-8-14(15)10-11-17-18(3,4)5/h6-11,13H,12H2,1-5H3. The summed E-state index contributed by atoms with van der Waals surface area (Å²) in [7, 11) is -1.49. The highest BCUT2D eigenvalue weighted by Crippen LogP contribution is 2.20. The second kappa shape index (κ2) is 6.64. The molecule has 0 fully saturated rings. The third kappa shape index (κ3) is 5.91. The van der Waals surface area contributed by atoms with E-state index in [4.69, 9.17) is 9.16 Å². The van der Waals surface area contributed by atoms with E-state index in [2.05, 4.69) is 33.5 Å². The fourth-order valence-corrected chi connectivity index (χ4v) is 1.79. The molecule has 0 bridgehead atoms. The largest absolute Gasteiger partial charge is 0.550 e. The maximum Gasteiger partial charge on any atom is 0.241 e. The molecule has 0 heterocycles. The number of rotatable bonds is 6. The monoisotopic (exact) mass is 264 g/mol. The summed E-state index contributed by atoms with van der Waals surface area (Å²) in [5.74, 6) is 1.45. The van der Waals surface area contributed by atoms with E-state index in [1.807, 2.05) is 30.3 Å². The molecule has 0 saturated heterocycles. The van der Waals surface area contributed by atoms with E-state index in [1.54, 1.807) is 6.26 Å². The summed E-state index contributed by atoms with van der Waals surface area (Å²) < 4.78 is 11.5. The minimum Gasteiger partial charge on any atom is -0.550 e. The van der Waals surface area contributed by atoms with Crippen molar-refractivity contribution in [2.24, 2.45) is 5.92 Å². The lowest BCUT2D eigenvalue weighted by Crippen LogP contribution is -2.21. The molecule has 0 atom stereocenters. The van der Waals surface area contributed by atoms with Crippen LogP contribution in [0, 0.1) is 5.92 Å². The van der Waals surface area contributed by atoms with Crippen LogP contribution in [-0.2, 0) is 4.43 Å². The third-order valence-electron chi connectivity index (χ3n) is 2.16. The van der Waals surface area contributed by atoms with Gasteiger partial charge in [-0.25, -0.2) is 0 Å². The Morgan fingerprint density at radius 3 is 2.44 bits per heavy atom. The Labute approximate surface area is 112 Å². The zero-order valence-electron chi connectivity index (χ0n) is 12.1. The van der Waals surface area contributed by atoms with Gasteiger partial charge < -0.3 is 9.16 Å². The average Bonchev–Trinajstić information content (AvgIpc) is 2.26. The van der Waals surface area contributed by atoms with Crippen molar-refractivity contribution >= 4 is 14.4 Å². The first kappa shape index (κ1) is 14.8. The van der Waals surface area contributed by atoms with Crippen molar-refractivity contribution in [3.05, 3.63) is 36.1 Å². The molecule has 0 unspecified atom stereocenters. The summed E-state index contributed by atoms with van der Waals surface area (Å²) in [6.45, 7) is 11.5. The van der Waals surface area contributed by atoms with Gasteiger partial charge >= 0.3 is 0 Å². The van der Waals surface area contributed by atoms with Crippen LogP contribution in [0.2, 0.25) is 19.6 Å². The lowest BCUT2D eigenvalue weighted by molar-refractivity contribution is 0.270. The van der Waals surface area contributed by atoms with Crippen LogP contribution in [0.15, 0.2) is 30.5 Å². The van der Waals surface area contributed by atoms with Gasteiger partial charge in [0.15, 0.2) is 0 Å². The predicted octanol–water partition coefficient (Wildman–Crippen LogP) is 4.54. The van der Waals surface area contributed by atoms with Crippen molar-refractivity contribution in [3.8, 4) is 5.75 Å². The van der Waals surface area contributed by atoms with Crippen LogP contribution in [0.3, 0.4) is 0 Å². The predicted molar refractivity (Wildman–Crippen MR) is 80.2 cm³/mol. The van der Waals surface area contributed by atoms with Gasteiger partial charge in [0.25, 0.3) is 0 Å². The van der Waals surface area contributed by atoms with Crippen LogP contribution < -0.4 is 4.74 Å².